The van der Waals surface area contributed by atoms with Crippen molar-refractivity contribution in [1.29, 1.82) is 0 Å². The van der Waals surface area contributed by atoms with E-state index in [4.69, 9.17) is 9.47 Å². The van der Waals surface area contributed by atoms with Gasteiger partial charge in [0.25, 0.3) is 0 Å². The van der Waals surface area contributed by atoms with Crippen molar-refractivity contribution in [3.8, 4) is 0 Å². The molecule has 5 heteroatoms. The highest BCUT2D eigenvalue weighted by atomic mass is 16.6. The van der Waals surface area contributed by atoms with Gasteiger partial charge in [-0.25, -0.2) is 4.79 Å². The average Bonchev–Trinajstić information content (AvgIpc) is 2.99. The summed E-state index contributed by atoms with van der Waals surface area (Å²) >= 11 is 0. The molecule has 5 nitrogen and oxygen atoms in total. The van der Waals surface area contributed by atoms with Crippen LogP contribution < -0.4 is 0 Å². The number of hydrogen-bond donors (Lipinski definition) is 1. The maximum atomic E-state index is 12.3. The minimum Gasteiger partial charge on any atom is -0.444 e. The molecule has 0 spiro atoms. The number of aliphatic hydroxyl groups is 1. The van der Waals surface area contributed by atoms with Gasteiger partial charge in [0.15, 0.2) is 0 Å². The van der Waals surface area contributed by atoms with Gasteiger partial charge in [0.1, 0.15) is 11.3 Å². The van der Waals surface area contributed by atoms with Crippen LogP contribution in [0.15, 0.2) is 0 Å². The Morgan fingerprint density at radius 3 is 2.47 bits per heavy atom. The summed E-state index contributed by atoms with van der Waals surface area (Å²) in [6.45, 7) is 9.53. The molecule has 1 N–H and O–H groups in total. The summed E-state index contributed by atoms with van der Waals surface area (Å²) in [4.78, 5) is 13.9. The molecule has 1 saturated heterocycles. The van der Waals surface area contributed by atoms with Crippen molar-refractivity contribution in [3.63, 3.8) is 0 Å². The molecule has 19 heavy (non-hydrogen) atoms. The molecule has 0 radical (unpaired) electrons. The number of ether oxygens (including phenoxy) is 2. The van der Waals surface area contributed by atoms with E-state index in [0.717, 1.165) is 12.8 Å². The molecule has 1 heterocycles. The van der Waals surface area contributed by atoms with Gasteiger partial charge < -0.3 is 14.6 Å². The summed E-state index contributed by atoms with van der Waals surface area (Å²) in [6.07, 6.45) is 1.12. The third kappa shape index (κ3) is 3.20. The molecule has 0 aromatic heterocycles. The molecule has 1 aliphatic carbocycles. The second kappa shape index (κ2) is 4.63. The molecule has 0 aromatic carbocycles. The molecule has 1 amide bonds. The fourth-order valence-corrected chi connectivity index (χ4v) is 2.50. The zero-order valence-electron chi connectivity index (χ0n) is 12.5. The number of carbonyl (C=O) groups excluding carboxylic acids is 1. The third-order valence-electron chi connectivity index (χ3n) is 3.61. The molecular formula is C14H25NO4. The molecule has 110 valence electrons. The first kappa shape index (κ1) is 14.6. The molecule has 2 aliphatic rings. The van der Waals surface area contributed by atoms with E-state index in [-0.39, 0.29) is 6.04 Å². The van der Waals surface area contributed by atoms with E-state index in [2.05, 4.69) is 0 Å². The standard InChI is InChI=1S/C14H25NO4/c1-13(2,3)19-12(17)15-10(8-18-14(15,4)5)11(16)9-6-7-9/h9-11,16H,6-8H2,1-5H3/t10?,11-/m1/s1. The molecule has 0 bridgehead atoms. The highest BCUT2D eigenvalue weighted by Crippen LogP contribution is 2.39. The van der Waals surface area contributed by atoms with Crippen molar-refractivity contribution in [2.45, 2.75) is 70.9 Å². The normalized spacial score (nSPS) is 28.3. The zero-order valence-corrected chi connectivity index (χ0v) is 12.5. The number of nitrogens with zero attached hydrogens (tertiary/aromatic N) is 1. The first-order valence-corrected chi connectivity index (χ1v) is 6.96. The van der Waals surface area contributed by atoms with Gasteiger partial charge in [-0.15, -0.1) is 0 Å². The quantitative estimate of drug-likeness (QED) is 0.836. The van der Waals surface area contributed by atoms with Crippen molar-refractivity contribution in [2.75, 3.05) is 6.61 Å². The summed E-state index contributed by atoms with van der Waals surface area (Å²) in [7, 11) is 0. The number of rotatable bonds is 2. The molecule has 2 rings (SSSR count). The Morgan fingerprint density at radius 2 is 2.00 bits per heavy atom. The van der Waals surface area contributed by atoms with Crippen LogP contribution >= 0.6 is 0 Å². The van der Waals surface area contributed by atoms with E-state index in [9.17, 15) is 9.90 Å². The van der Waals surface area contributed by atoms with E-state index >= 15 is 0 Å². The fraction of sp³-hybridized carbons (Fsp3) is 0.929. The Labute approximate surface area is 114 Å². The second-order valence-corrected chi connectivity index (χ2v) is 7.00. The first-order valence-electron chi connectivity index (χ1n) is 6.96. The van der Waals surface area contributed by atoms with Crippen molar-refractivity contribution in [2.24, 2.45) is 5.92 Å². The summed E-state index contributed by atoms with van der Waals surface area (Å²) < 4.78 is 11.1. The van der Waals surface area contributed by atoms with E-state index in [0.29, 0.717) is 12.5 Å². The van der Waals surface area contributed by atoms with Crippen LogP contribution in [0.25, 0.3) is 0 Å². The lowest BCUT2D eigenvalue weighted by Gasteiger charge is -2.36. The molecule has 1 unspecified atom stereocenters. The molecule has 2 atom stereocenters. The topological polar surface area (TPSA) is 59.0 Å². The molecule has 1 saturated carbocycles. The lowest BCUT2D eigenvalue weighted by atomic mass is 10.1. The number of hydrogen-bond acceptors (Lipinski definition) is 4. The fourth-order valence-electron chi connectivity index (χ4n) is 2.50. The van der Waals surface area contributed by atoms with Gasteiger partial charge in [-0.3, -0.25) is 4.90 Å². The highest BCUT2D eigenvalue weighted by molar-refractivity contribution is 5.70. The minimum atomic E-state index is -0.733. The largest absolute Gasteiger partial charge is 0.444 e. The SMILES string of the molecule is CC(C)(C)OC(=O)N1C([C@H](O)C2CC2)COC1(C)C. The van der Waals surface area contributed by atoms with E-state index in [1.54, 1.807) is 4.90 Å². The van der Waals surface area contributed by atoms with Crippen LogP contribution in [-0.4, -0.2) is 46.2 Å². The second-order valence-electron chi connectivity index (χ2n) is 7.00. The van der Waals surface area contributed by atoms with Gasteiger partial charge in [-0.1, -0.05) is 0 Å². The molecule has 0 aromatic rings. The maximum absolute atomic E-state index is 12.3. The van der Waals surface area contributed by atoms with Crippen LogP contribution in [0, 0.1) is 5.92 Å². The van der Waals surface area contributed by atoms with Crippen molar-refractivity contribution in [3.05, 3.63) is 0 Å². The predicted molar refractivity (Wildman–Crippen MR) is 70.6 cm³/mol. The van der Waals surface area contributed by atoms with Gasteiger partial charge in [0.05, 0.1) is 18.8 Å². The van der Waals surface area contributed by atoms with Gasteiger partial charge in [0.2, 0.25) is 0 Å². The number of carbonyl (C=O) groups is 1. The minimum absolute atomic E-state index is 0.299. The number of amides is 1. The van der Waals surface area contributed by atoms with Crippen LogP contribution in [0.5, 0.6) is 0 Å². The Hall–Kier alpha value is -0.810. The Balaban J connectivity index is 2.13. The van der Waals surface area contributed by atoms with Gasteiger partial charge in [0, 0.05) is 0 Å². The monoisotopic (exact) mass is 271 g/mol. The third-order valence-corrected chi connectivity index (χ3v) is 3.61. The van der Waals surface area contributed by atoms with E-state index in [1.807, 2.05) is 34.6 Å². The average molecular weight is 271 g/mol. The van der Waals surface area contributed by atoms with Crippen molar-refractivity contribution >= 4 is 6.09 Å². The van der Waals surface area contributed by atoms with Crippen LogP contribution in [0.1, 0.15) is 47.5 Å². The van der Waals surface area contributed by atoms with Crippen LogP contribution in [0.3, 0.4) is 0 Å². The number of aliphatic hydroxyl groups excluding tert-OH is 1. The lowest BCUT2D eigenvalue weighted by Crippen LogP contribution is -2.53. The maximum Gasteiger partial charge on any atom is 0.412 e. The summed E-state index contributed by atoms with van der Waals surface area (Å²) in [5, 5.41) is 10.3. The Bertz CT molecular complexity index is 357. The van der Waals surface area contributed by atoms with E-state index < -0.39 is 23.5 Å². The summed E-state index contributed by atoms with van der Waals surface area (Å²) in [5.41, 5.74) is -1.28. The van der Waals surface area contributed by atoms with Crippen LogP contribution in [-0.2, 0) is 9.47 Å². The Kier molecular flexibility index (Phi) is 3.56. The van der Waals surface area contributed by atoms with Crippen molar-refractivity contribution in [1.82, 2.24) is 4.90 Å². The summed E-state index contributed by atoms with van der Waals surface area (Å²) in [5.74, 6) is 0.299. The Morgan fingerprint density at radius 1 is 1.42 bits per heavy atom. The van der Waals surface area contributed by atoms with Gasteiger partial charge in [-0.05, 0) is 53.4 Å². The predicted octanol–water partition coefficient (Wildman–Crippen LogP) is 2.13. The highest BCUT2D eigenvalue weighted by Gasteiger charge is 2.51. The van der Waals surface area contributed by atoms with Crippen LogP contribution in [0.2, 0.25) is 0 Å². The van der Waals surface area contributed by atoms with Gasteiger partial charge in [-0.2, -0.15) is 0 Å². The zero-order chi connectivity index (χ0) is 14.4. The molecule has 1 aliphatic heterocycles. The summed E-state index contributed by atoms with van der Waals surface area (Å²) in [6, 6.07) is -0.308. The van der Waals surface area contributed by atoms with Crippen molar-refractivity contribution < 1.29 is 19.4 Å². The first-order chi connectivity index (χ1) is 8.62. The lowest BCUT2D eigenvalue weighted by molar-refractivity contribution is -0.0686. The van der Waals surface area contributed by atoms with Gasteiger partial charge >= 0.3 is 6.09 Å². The smallest absolute Gasteiger partial charge is 0.412 e. The van der Waals surface area contributed by atoms with Crippen LogP contribution in [0.4, 0.5) is 4.79 Å². The molecule has 2 fully saturated rings. The molecular weight excluding hydrogens is 246 g/mol. The van der Waals surface area contributed by atoms with E-state index in [1.165, 1.54) is 0 Å².